The van der Waals surface area contributed by atoms with Crippen LogP contribution in [0.4, 0.5) is 15.2 Å². The maximum atomic E-state index is 15.3. The van der Waals surface area contributed by atoms with E-state index < -0.39 is 5.82 Å². The number of thiophene rings is 1. The first-order valence-corrected chi connectivity index (χ1v) is 28.7. The summed E-state index contributed by atoms with van der Waals surface area (Å²) in [6, 6.07) is 21.7. The number of nitriles is 1. The topological polar surface area (TPSA) is 212 Å². The van der Waals surface area contributed by atoms with Gasteiger partial charge in [0.05, 0.1) is 47.1 Å². The molecule has 5 unspecified atom stereocenters. The van der Waals surface area contributed by atoms with E-state index in [0.717, 1.165) is 95.9 Å². The number of nitrogens with zero attached hydrogens (tertiary/aromatic N) is 9. The van der Waals surface area contributed by atoms with Crippen LogP contribution in [-0.2, 0) is 20.9 Å². The monoisotopic (exact) mass is 1130 g/mol. The van der Waals surface area contributed by atoms with Gasteiger partial charge in [-0.3, -0.25) is 14.6 Å². The average molecular weight is 1130 g/mol. The van der Waals surface area contributed by atoms with Gasteiger partial charge in [-0.15, -0.1) is 16.4 Å². The van der Waals surface area contributed by atoms with Crippen LogP contribution >= 0.6 is 22.9 Å². The number of hydrogen-bond donors (Lipinski definition) is 3. The van der Waals surface area contributed by atoms with Gasteiger partial charge in [0.1, 0.15) is 58.4 Å². The van der Waals surface area contributed by atoms with Gasteiger partial charge in [-0.25, -0.2) is 9.07 Å². The molecule has 20 heteroatoms. The molecule has 4 aromatic heterocycles. The molecule has 11 rings (SSSR count). The van der Waals surface area contributed by atoms with E-state index >= 15 is 4.39 Å². The fraction of sp³-hybridized carbons (Fsp3) is 0.377. The zero-order valence-electron chi connectivity index (χ0n) is 46.1. The van der Waals surface area contributed by atoms with Crippen LogP contribution in [0.1, 0.15) is 101 Å². The van der Waals surface area contributed by atoms with Crippen molar-refractivity contribution < 1.29 is 28.2 Å². The standard InChI is InChI=1S/C40H41FN10O3S.C21H25ClN2O2/c1-21(2)22(3)51-19-32(48-49-51)24-6-4-23(5-7-24)20-53-36-34(28-8-9-31(41)37-33(28)29(15-42)38(43)55-37)45-17-30-35(36)46-40(54-27-10-12-52-13-11-27)47-39(30)50-18-25-14-26(50)16-44-25;1-4-7-18(19(22)5-2)17-11-9-16(10-12-17)15(3)23-21(26)20-8-6-13-24(20)14-25/h4-9,17,19,21-22,25-27,44H,10-14,16,18,20,43H2,1-3H3;4-5,7,9-12,14-15,20H,1,6,8,13H2,2-3H3,(H,23,26)/b;18-7-,19-5+. The molecule has 2 amide bonds. The lowest BCUT2D eigenvalue weighted by atomic mass is 10.00. The van der Waals surface area contributed by atoms with Crippen molar-refractivity contribution in [2.45, 2.75) is 110 Å². The SMILES string of the molecule is C=C/C=C(\C(Cl)=C/C)c1ccc(C(C)NC(=O)C2CCCN2C=O)cc1.CC(C)C(C)n1cc(-c2ccc(COc3c(-c4ccc(F)c5sc(N)c(C#N)c45)ncc4c(N5CC6CC5CN6)nc(OC5CCOCC5)nc34)cc2)nn1. The molecule has 7 aromatic rings. The van der Waals surface area contributed by atoms with Crippen LogP contribution in [0.5, 0.6) is 11.8 Å². The van der Waals surface area contributed by atoms with Gasteiger partial charge < -0.3 is 40.4 Å². The molecule has 0 radical (unpaired) electrons. The molecule has 4 fully saturated rings. The van der Waals surface area contributed by atoms with Gasteiger partial charge in [0.25, 0.3) is 0 Å². The first-order chi connectivity index (χ1) is 39.3. The molecule has 4 N–H and O–H groups in total. The van der Waals surface area contributed by atoms with Crippen LogP contribution in [0.15, 0.2) is 103 Å². The number of benzene rings is 3. The van der Waals surface area contributed by atoms with Gasteiger partial charge in [0.15, 0.2) is 5.75 Å². The Morgan fingerprint density at radius 3 is 2.54 bits per heavy atom. The Hall–Kier alpha value is -7.76. The van der Waals surface area contributed by atoms with E-state index in [1.54, 1.807) is 23.2 Å². The number of aromatic nitrogens is 6. The summed E-state index contributed by atoms with van der Waals surface area (Å²) in [7, 11) is 0. The van der Waals surface area contributed by atoms with Crippen molar-refractivity contribution in [3.8, 4) is 40.3 Å². The maximum Gasteiger partial charge on any atom is 0.319 e. The van der Waals surface area contributed by atoms with Crippen molar-refractivity contribution in [2.75, 3.05) is 43.5 Å². The van der Waals surface area contributed by atoms with E-state index in [1.165, 1.54) is 6.07 Å². The number of nitrogen functional groups attached to an aromatic ring is 1. The smallest absolute Gasteiger partial charge is 0.319 e. The minimum absolute atomic E-state index is 0.0983. The minimum Gasteiger partial charge on any atom is -0.484 e. The molecule has 0 spiro atoms. The molecule has 4 aliphatic rings. The largest absolute Gasteiger partial charge is 0.484 e. The molecule has 5 atom stereocenters. The Bertz CT molecular complexity index is 3560. The summed E-state index contributed by atoms with van der Waals surface area (Å²) >= 11 is 7.31. The van der Waals surface area contributed by atoms with Crippen molar-refractivity contribution in [2.24, 2.45) is 5.92 Å². The van der Waals surface area contributed by atoms with Gasteiger partial charge in [-0.2, -0.15) is 15.2 Å². The second-order valence-electron chi connectivity index (χ2n) is 21.2. The van der Waals surface area contributed by atoms with Crippen molar-refractivity contribution in [1.29, 1.82) is 5.26 Å². The third-order valence-electron chi connectivity index (χ3n) is 15.7. The van der Waals surface area contributed by atoms with Gasteiger partial charge in [-0.1, -0.05) is 104 Å². The summed E-state index contributed by atoms with van der Waals surface area (Å²) < 4.78 is 36.3. The predicted octanol–water partition coefficient (Wildman–Crippen LogP) is 10.9. The number of allylic oxidation sites excluding steroid dienone is 5. The molecule has 4 aliphatic heterocycles. The van der Waals surface area contributed by atoms with Crippen LogP contribution in [0, 0.1) is 23.1 Å². The summed E-state index contributed by atoms with van der Waals surface area (Å²) in [4.78, 5) is 42.4. The molecule has 4 saturated heterocycles. The number of anilines is 2. The molecule has 0 aliphatic carbocycles. The number of rotatable bonds is 17. The number of nitrogens with one attached hydrogen (secondary N) is 2. The third-order valence-corrected chi connectivity index (χ3v) is 17.2. The van der Waals surface area contributed by atoms with Crippen LogP contribution in [-0.4, -0.2) is 104 Å². The van der Waals surface area contributed by atoms with E-state index in [0.29, 0.717) is 76.5 Å². The molecular formula is C61H66ClFN12O5S. The molecule has 0 saturated carbocycles. The Kier molecular flexibility index (Phi) is 17.4. The highest BCUT2D eigenvalue weighted by atomic mass is 35.5. The molecule has 81 heavy (non-hydrogen) atoms. The van der Waals surface area contributed by atoms with Crippen LogP contribution in [0.2, 0.25) is 0 Å². The highest BCUT2D eigenvalue weighted by Gasteiger charge is 2.40. The van der Waals surface area contributed by atoms with Crippen molar-refractivity contribution in [1.82, 2.24) is 45.5 Å². The maximum absolute atomic E-state index is 15.3. The number of nitrogens with two attached hydrogens (primary N) is 1. The van der Waals surface area contributed by atoms with Crippen LogP contribution in [0.25, 0.3) is 49.1 Å². The zero-order valence-corrected chi connectivity index (χ0v) is 47.6. The molecule has 3 aromatic carbocycles. The molecule has 2 bridgehead atoms. The summed E-state index contributed by atoms with van der Waals surface area (Å²) in [6.07, 6.45) is 13.9. The average Bonchev–Trinajstić information content (AvgIpc) is 4.44. The van der Waals surface area contributed by atoms with E-state index in [4.69, 9.17) is 46.5 Å². The first kappa shape index (κ1) is 56.5. The second kappa shape index (κ2) is 24.9. The number of likely N-dealkylation sites (tertiary alicyclic amines) is 1. The number of ether oxygens (including phenoxy) is 3. The number of halogens is 2. The fourth-order valence-corrected chi connectivity index (χ4v) is 12.0. The lowest BCUT2D eigenvalue weighted by molar-refractivity contribution is -0.131. The predicted molar refractivity (Wildman–Crippen MR) is 315 cm³/mol. The summed E-state index contributed by atoms with van der Waals surface area (Å²) in [5.41, 5.74) is 13.4. The number of hydrogen-bond acceptors (Lipinski definition) is 15. The van der Waals surface area contributed by atoms with Crippen molar-refractivity contribution in [3.63, 3.8) is 0 Å². The highest BCUT2D eigenvalue weighted by Crippen LogP contribution is 2.46. The number of pyridine rings is 1. The Labute approximate surface area is 479 Å². The number of fused-ring (bicyclic) bond motifs is 4. The van der Waals surface area contributed by atoms with Crippen LogP contribution in [0.3, 0.4) is 0 Å². The lowest BCUT2D eigenvalue weighted by Crippen LogP contribution is -2.44. The lowest BCUT2D eigenvalue weighted by Gasteiger charge is -2.30. The highest BCUT2D eigenvalue weighted by molar-refractivity contribution is 7.23. The van der Waals surface area contributed by atoms with E-state index in [9.17, 15) is 14.9 Å². The number of carbonyl (C=O) groups is 2. The van der Waals surface area contributed by atoms with Gasteiger partial charge in [-0.05, 0) is 80.3 Å². The van der Waals surface area contributed by atoms with Gasteiger partial charge >= 0.3 is 6.01 Å². The quantitative estimate of drug-likeness (QED) is 0.0572. The summed E-state index contributed by atoms with van der Waals surface area (Å²) in [5, 5.41) is 27.5. The molecular weight excluding hydrogens is 1070 g/mol. The summed E-state index contributed by atoms with van der Waals surface area (Å²) in [5.74, 6) is 0.960. The van der Waals surface area contributed by atoms with E-state index in [2.05, 4.69) is 59.3 Å². The molecule has 420 valence electrons. The minimum atomic E-state index is -0.464. The van der Waals surface area contributed by atoms with Gasteiger partial charge in [0.2, 0.25) is 12.3 Å². The number of piperazine rings is 1. The van der Waals surface area contributed by atoms with Crippen LogP contribution < -0.4 is 30.7 Å². The summed E-state index contributed by atoms with van der Waals surface area (Å²) in [6.45, 7) is 17.7. The number of carbonyl (C=O) groups excluding carboxylic acids is 2. The zero-order chi connectivity index (χ0) is 56.9. The van der Waals surface area contributed by atoms with Crippen molar-refractivity contribution in [3.05, 3.63) is 131 Å². The van der Waals surface area contributed by atoms with Crippen molar-refractivity contribution >= 4 is 72.6 Å². The third kappa shape index (κ3) is 12.0. The number of amides is 2. The molecule has 8 heterocycles. The second-order valence-corrected chi connectivity index (χ2v) is 22.7. The Balaban J connectivity index is 0.000000238. The molecule has 17 nitrogen and oxygen atoms in total. The van der Waals surface area contributed by atoms with E-state index in [1.807, 2.05) is 85.4 Å². The Morgan fingerprint density at radius 1 is 1.09 bits per heavy atom. The first-order valence-electron chi connectivity index (χ1n) is 27.5. The van der Waals surface area contributed by atoms with E-state index in [-0.39, 0.29) is 64.1 Å². The normalized spacial score (nSPS) is 19.1. The Morgan fingerprint density at radius 2 is 1.86 bits per heavy atom. The fourth-order valence-electron chi connectivity index (χ4n) is 10.9. The van der Waals surface area contributed by atoms with Gasteiger partial charge in [0, 0.05) is 72.3 Å².